The summed E-state index contributed by atoms with van der Waals surface area (Å²) in [5.74, 6) is 1.11. The average molecular weight is 482 g/mol. The minimum atomic E-state index is -0.250. The molecule has 184 valence electrons. The Morgan fingerprint density at radius 2 is 1.94 bits per heavy atom. The van der Waals surface area contributed by atoms with Gasteiger partial charge >= 0.3 is 0 Å². The van der Waals surface area contributed by atoms with Crippen LogP contribution in [-0.2, 0) is 34.5 Å². The van der Waals surface area contributed by atoms with Gasteiger partial charge in [0.25, 0.3) is 12.9 Å². The van der Waals surface area contributed by atoms with E-state index < -0.39 is 0 Å². The Hall–Kier alpha value is -4.48. The fourth-order valence-corrected chi connectivity index (χ4v) is 4.24. The largest absolute Gasteiger partial charge is 0.483 e. The van der Waals surface area contributed by atoms with E-state index in [1.807, 2.05) is 49.5 Å². The Balaban J connectivity index is 0.000000520. The molecule has 1 aromatic carbocycles. The van der Waals surface area contributed by atoms with Crippen LogP contribution >= 0.6 is 0 Å². The zero-order valence-corrected chi connectivity index (χ0v) is 19.4. The number of hydrogen-bond donors (Lipinski definition) is 3. The van der Waals surface area contributed by atoms with Crippen LogP contribution in [0.2, 0.25) is 0 Å². The molecule has 5 rings (SSSR count). The lowest BCUT2D eigenvalue weighted by Gasteiger charge is -2.32. The highest BCUT2D eigenvalue weighted by Crippen LogP contribution is 2.31. The molecule has 0 radical (unpaired) electrons. The van der Waals surface area contributed by atoms with Crippen LogP contribution in [0.1, 0.15) is 35.1 Å². The Bertz CT molecular complexity index is 1290. The van der Waals surface area contributed by atoms with Crippen LogP contribution in [0.15, 0.2) is 43.0 Å². The molecule has 3 aromatic heterocycles. The lowest BCUT2D eigenvalue weighted by atomic mass is 9.93. The summed E-state index contributed by atoms with van der Waals surface area (Å²) < 4.78 is 3.91. The van der Waals surface area contributed by atoms with Crippen molar-refractivity contribution in [2.45, 2.75) is 32.4 Å². The highest BCUT2D eigenvalue weighted by atomic mass is 16.3. The zero-order chi connectivity index (χ0) is 25.4. The second kappa shape index (κ2) is 11.6. The summed E-state index contributed by atoms with van der Waals surface area (Å²) >= 11 is 0. The molecule has 1 atom stereocenters. The van der Waals surface area contributed by atoms with Crippen molar-refractivity contribution in [1.82, 2.24) is 34.2 Å². The number of amides is 1. The van der Waals surface area contributed by atoms with Crippen LogP contribution in [0.4, 0.5) is 0 Å². The van der Waals surface area contributed by atoms with E-state index in [2.05, 4.69) is 30.7 Å². The molecule has 1 aliphatic heterocycles. The SMILES string of the molecule is Cc1nc2ccccc2n1CCC(=O)N1Cc2[nH]cnc2C(c2cnn(C)c2)C1.O=CO.O=CO. The maximum atomic E-state index is 13.1. The van der Waals surface area contributed by atoms with Crippen LogP contribution in [0, 0.1) is 6.92 Å². The molecule has 12 heteroatoms. The molecule has 0 fully saturated rings. The number of aromatic nitrogens is 6. The van der Waals surface area contributed by atoms with Crippen molar-refractivity contribution in [3.05, 3.63) is 65.8 Å². The van der Waals surface area contributed by atoms with Gasteiger partial charge < -0.3 is 24.7 Å². The second-order valence-electron chi connectivity index (χ2n) is 7.80. The van der Waals surface area contributed by atoms with Crippen LogP contribution in [0.5, 0.6) is 0 Å². The second-order valence-corrected chi connectivity index (χ2v) is 7.80. The van der Waals surface area contributed by atoms with Gasteiger partial charge in [-0.25, -0.2) is 9.97 Å². The number of para-hydroxylation sites is 2. The fraction of sp³-hybridized carbons (Fsp3) is 0.304. The molecule has 4 aromatic rings. The molecular weight excluding hydrogens is 454 g/mol. The van der Waals surface area contributed by atoms with E-state index in [0.717, 1.165) is 33.8 Å². The Morgan fingerprint density at radius 3 is 2.63 bits per heavy atom. The third kappa shape index (κ3) is 5.72. The van der Waals surface area contributed by atoms with Crippen molar-refractivity contribution in [2.24, 2.45) is 7.05 Å². The van der Waals surface area contributed by atoms with Gasteiger partial charge in [-0.05, 0) is 19.1 Å². The smallest absolute Gasteiger partial charge is 0.290 e. The van der Waals surface area contributed by atoms with Crippen molar-refractivity contribution in [2.75, 3.05) is 6.54 Å². The molecule has 12 nitrogen and oxygen atoms in total. The number of benzene rings is 1. The molecule has 0 aliphatic carbocycles. The van der Waals surface area contributed by atoms with Gasteiger partial charge in [0.1, 0.15) is 5.82 Å². The molecule has 1 aliphatic rings. The Kier molecular flexibility index (Phi) is 8.33. The first-order valence-electron chi connectivity index (χ1n) is 10.8. The van der Waals surface area contributed by atoms with Gasteiger partial charge in [0, 0.05) is 44.2 Å². The van der Waals surface area contributed by atoms with Crippen LogP contribution in [0.25, 0.3) is 11.0 Å². The van der Waals surface area contributed by atoms with E-state index in [0.29, 0.717) is 26.1 Å². The molecule has 0 saturated heterocycles. The number of imidazole rings is 2. The molecule has 4 heterocycles. The predicted molar refractivity (Wildman–Crippen MR) is 126 cm³/mol. The summed E-state index contributed by atoms with van der Waals surface area (Å²) in [5, 5.41) is 18.1. The van der Waals surface area contributed by atoms with Gasteiger partial charge in [-0.15, -0.1) is 0 Å². The number of fused-ring (bicyclic) bond motifs is 2. The molecule has 0 bridgehead atoms. The number of H-pyrrole nitrogens is 1. The van der Waals surface area contributed by atoms with Gasteiger partial charge in [-0.1, -0.05) is 12.1 Å². The first-order chi connectivity index (χ1) is 16.9. The molecule has 35 heavy (non-hydrogen) atoms. The van der Waals surface area contributed by atoms with Gasteiger partial charge in [0.2, 0.25) is 5.91 Å². The Labute approximate surface area is 200 Å². The van der Waals surface area contributed by atoms with Gasteiger partial charge in [-0.2, -0.15) is 5.10 Å². The summed E-state index contributed by atoms with van der Waals surface area (Å²) in [4.78, 5) is 44.0. The third-order valence-corrected chi connectivity index (χ3v) is 5.71. The van der Waals surface area contributed by atoms with Gasteiger partial charge in [0.05, 0.1) is 41.5 Å². The number of hydrogen-bond acceptors (Lipinski definition) is 6. The first kappa shape index (κ1) is 25.1. The number of rotatable bonds is 4. The van der Waals surface area contributed by atoms with Crippen molar-refractivity contribution in [3.63, 3.8) is 0 Å². The lowest BCUT2D eigenvalue weighted by Crippen LogP contribution is -2.39. The normalized spacial score (nSPS) is 14.2. The maximum absolute atomic E-state index is 13.1. The van der Waals surface area contributed by atoms with Crippen molar-refractivity contribution >= 4 is 29.9 Å². The minimum Gasteiger partial charge on any atom is -0.483 e. The van der Waals surface area contributed by atoms with Crippen molar-refractivity contribution < 1.29 is 24.6 Å². The number of carboxylic acid groups (broad SMARTS) is 2. The number of nitrogens with zero attached hydrogens (tertiary/aromatic N) is 6. The summed E-state index contributed by atoms with van der Waals surface area (Å²) in [7, 11) is 1.90. The fourth-order valence-electron chi connectivity index (χ4n) is 4.24. The summed E-state index contributed by atoms with van der Waals surface area (Å²) in [5.41, 5.74) is 5.13. The molecule has 0 spiro atoms. The number of aryl methyl sites for hydroxylation is 3. The molecule has 0 saturated carbocycles. The maximum Gasteiger partial charge on any atom is 0.290 e. The van der Waals surface area contributed by atoms with E-state index in [1.165, 1.54) is 0 Å². The highest BCUT2D eigenvalue weighted by molar-refractivity contribution is 5.78. The number of carbonyl (C=O) groups is 3. The summed E-state index contributed by atoms with van der Waals surface area (Å²) in [6.07, 6.45) is 6.00. The summed E-state index contributed by atoms with van der Waals surface area (Å²) in [6, 6.07) is 8.04. The summed E-state index contributed by atoms with van der Waals surface area (Å²) in [6.45, 7) is 3.29. The molecular formula is C23H27N7O5. The predicted octanol–water partition coefficient (Wildman–Crippen LogP) is 1.77. The Morgan fingerprint density at radius 1 is 1.23 bits per heavy atom. The molecule has 3 N–H and O–H groups in total. The van der Waals surface area contributed by atoms with E-state index in [-0.39, 0.29) is 24.8 Å². The van der Waals surface area contributed by atoms with Crippen molar-refractivity contribution in [1.29, 1.82) is 0 Å². The van der Waals surface area contributed by atoms with Crippen LogP contribution in [0.3, 0.4) is 0 Å². The average Bonchev–Trinajstić information content (AvgIpc) is 3.56. The monoisotopic (exact) mass is 481 g/mol. The van der Waals surface area contributed by atoms with Crippen LogP contribution in [-0.4, -0.2) is 69.8 Å². The van der Waals surface area contributed by atoms with Gasteiger partial charge in [0.15, 0.2) is 0 Å². The van der Waals surface area contributed by atoms with E-state index in [1.54, 1.807) is 11.0 Å². The number of aromatic amines is 1. The molecule has 1 unspecified atom stereocenters. The van der Waals surface area contributed by atoms with Gasteiger partial charge in [-0.3, -0.25) is 19.1 Å². The number of carbonyl (C=O) groups excluding carboxylic acids is 1. The molecule has 1 amide bonds. The zero-order valence-electron chi connectivity index (χ0n) is 19.4. The van der Waals surface area contributed by atoms with Crippen LogP contribution < -0.4 is 0 Å². The standard InChI is InChI=1S/C21H23N7O.2CH2O2/c1-14-25-17-5-3-4-6-19(17)28(14)8-7-20(29)27-11-16(15-9-24-26(2)10-15)21-18(12-27)22-13-23-21;2*2-1-3/h3-6,9-10,13,16H,7-8,11-12H2,1-2H3,(H,22,23);2*1H,(H,2,3). The quantitative estimate of drug-likeness (QED) is 0.372. The van der Waals surface area contributed by atoms with E-state index >= 15 is 0 Å². The number of nitrogens with one attached hydrogen (secondary N) is 1. The highest BCUT2D eigenvalue weighted by Gasteiger charge is 2.31. The van der Waals surface area contributed by atoms with E-state index in [9.17, 15) is 4.79 Å². The first-order valence-corrected chi connectivity index (χ1v) is 10.8. The third-order valence-electron chi connectivity index (χ3n) is 5.71. The minimum absolute atomic E-state index is 0.0402. The van der Waals surface area contributed by atoms with E-state index in [4.69, 9.17) is 19.8 Å². The van der Waals surface area contributed by atoms with Crippen molar-refractivity contribution in [3.8, 4) is 0 Å². The lowest BCUT2D eigenvalue weighted by molar-refractivity contribution is -0.132. The topological polar surface area (TPSA) is 159 Å².